The Morgan fingerprint density at radius 3 is 1.64 bits per heavy atom. The van der Waals surface area contributed by atoms with Gasteiger partial charge in [-0.1, -0.05) is 135 Å². The Kier molecular flexibility index (Phi) is 30.8. The highest BCUT2D eigenvalue weighted by molar-refractivity contribution is 7.98. The van der Waals surface area contributed by atoms with Crippen molar-refractivity contribution in [1.82, 2.24) is 10.6 Å². The van der Waals surface area contributed by atoms with Gasteiger partial charge in [0, 0.05) is 13.0 Å². The Morgan fingerprint density at radius 2 is 1.15 bits per heavy atom. The molecule has 0 saturated heterocycles. The van der Waals surface area contributed by atoms with E-state index in [0.717, 1.165) is 38.0 Å². The van der Waals surface area contributed by atoms with E-state index in [1.54, 1.807) is 11.8 Å². The molecule has 0 spiro atoms. The van der Waals surface area contributed by atoms with Crippen LogP contribution in [0.15, 0.2) is 12.7 Å². The molecule has 39 heavy (non-hydrogen) atoms. The van der Waals surface area contributed by atoms with Gasteiger partial charge in [-0.05, 0) is 44.1 Å². The molecule has 0 aliphatic carbocycles. The van der Waals surface area contributed by atoms with Crippen LogP contribution in [0.2, 0.25) is 0 Å². The van der Waals surface area contributed by atoms with Gasteiger partial charge in [-0.2, -0.15) is 11.8 Å². The molecular weight excluding hydrogens is 500 g/mol. The van der Waals surface area contributed by atoms with Gasteiger partial charge in [-0.3, -0.25) is 9.59 Å². The molecule has 0 unspecified atom stereocenters. The zero-order valence-electron chi connectivity index (χ0n) is 26.2. The summed E-state index contributed by atoms with van der Waals surface area (Å²) in [4.78, 5) is 25.1. The van der Waals surface area contributed by atoms with Crippen molar-refractivity contribution < 1.29 is 9.59 Å². The molecule has 230 valence electrons. The Bertz CT molecular complexity index is 555. The molecule has 0 aromatic rings. The van der Waals surface area contributed by atoms with Gasteiger partial charge in [-0.15, -0.1) is 6.58 Å². The van der Waals surface area contributed by atoms with E-state index in [2.05, 4.69) is 24.1 Å². The van der Waals surface area contributed by atoms with E-state index in [9.17, 15) is 9.59 Å². The molecule has 0 aliphatic rings. The first-order chi connectivity index (χ1) is 19.2. The maximum absolute atomic E-state index is 12.7. The van der Waals surface area contributed by atoms with Crippen LogP contribution in [0, 0.1) is 0 Å². The maximum atomic E-state index is 12.7. The summed E-state index contributed by atoms with van der Waals surface area (Å²) < 4.78 is 0. The number of nitrogens with one attached hydrogen (secondary N) is 2. The van der Waals surface area contributed by atoms with Gasteiger partial charge < -0.3 is 10.6 Å². The van der Waals surface area contributed by atoms with Gasteiger partial charge in [0.05, 0.1) is 0 Å². The van der Waals surface area contributed by atoms with Crippen molar-refractivity contribution in [1.29, 1.82) is 0 Å². The summed E-state index contributed by atoms with van der Waals surface area (Å²) in [6, 6.07) is -0.398. The molecule has 0 heterocycles. The number of thioether (sulfide) groups is 1. The molecule has 0 aliphatic heterocycles. The molecule has 0 saturated carbocycles. The van der Waals surface area contributed by atoms with Crippen molar-refractivity contribution in [2.75, 3.05) is 18.6 Å². The van der Waals surface area contributed by atoms with Crippen molar-refractivity contribution in [2.24, 2.45) is 0 Å². The fraction of sp³-hybridized carbons (Fsp3) is 0.882. The number of hydrogen-bond donors (Lipinski definition) is 2. The van der Waals surface area contributed by atoms with Crippen molar-refractivity contribution >= 4 is 23.6 Å². The van der Waals surface area contributed by atoms with Crippen LogP contribution in [0.3, 0.4) is 0 Å². The van der Waals surface area contributed by atoms with Crippen LogP contribution in [-0.2, 0) is 9.59 Å². The second-order valence-electron chi connectivity index (χ2n) is 11.4. The summed E-state index contributed by atoms with van der Waals surface area (Å²) in [5.41, 5.74) is 0. The van der Waals surface area contributed by atoms with E-state index >= 15 is 0 Å². The van der Waals surface area contributed by atoms with Gasteiger partial charge >= 0.3 is 0 Å². The first kappa shape index (κ1) is 38.0. The van der Waals surface area contributed by atoms with Gasteiger partial charge in [0.25, 0.3) is 0 Å². The first-order valence-corrected chi connectivity index (χ1v) is 18.2. The van der Waals surface area contributed by atoms with Crippen LogP contribution in [0.5, 0.6) is 0 Å². The Balaban J connectivity index is 3.72. The second kappa shape index (κ2) is 31.6. The maximum Gasteiger partial charge on any atom is 0.242 e. The Labute approximate surface area is 248 Å². The van der Waals surface area contributed by atoms with Crippen LogP contribution < -0.4 is 10.6 Å². The van der Waals surface area contributed by atoms with E-state index in [4.69, 9.17) is 0 Å². The highest BCUT2D eigenvalue weighted by Gasteiger charge is 2.19. The number of amides is 2. The first-order valence-electron chi connectivity index (χ1n) is 16.8. The number of hydrogen-bond acceptors (Lipinski definition) is 3. The SMILES string of the molecule is C=CCCCCCCCCC(=O)N[C@@H](CCSC)C(=O)NCCCCCCCCCCCCCCCCCC. The molecule has 0 bridgehead atoms. The predicted molar refractivity (Wildman–Crippen MR) is 175 cm³/mol. The molecule has 0 radical (unpaired) electrons. The molecule has 0 rings (SSSR count). The van der Waals surface area contributed by atoms with E-state index in [-0.39, 0.29) is 11.8 Å². The largest absolute Gasteiger partial charge is 0.354 e. The van der Waals surface area contributed by atoms with Crippen molar-refractivity contribution in [3.63, 3.8) is 0 Å². The molecule has 5 heteroatoms. The average Bonchev–Trinajstić information content (AvgIpc) is 2.94. The second-order valence-corrected chi connectivity index (χ2v) is 12.4. The summed E-state index contributed by atoms with van der Waals surface area (Å²) in [6.07, 6.45) is 34.8. The van der Waals surface area contributed by atoms with Crippen LogP contribution in [0.25, 0.3) is 0 Å². The monoisotopic (exact) mass is 566 g/mol. The van der Waals surface area contributed by atoms with E-state index in [1.807, 2.05) is 12.3 Å². The lowest BCUT2D eigenvalue weighted by Crippen LogP contribution is -2.47. The van der Waals surface area contributed by atoms with E-state index in [0.29, 0.717) is 12.8 Å². The van der Waals surface area contributed by atoms with Crippen molar-refractivity contribution in [3.8, 4) is 0 Å². The molecule has 1 atom stereocenters. The Hall–Kier alpha value is -0.970. The summed E-state index contributed by atoms with van der Waals surface area (Å²) in [5, 5.41) is 6.08. The highest BCUT2D eigenvalue weighted by Crippen LogP contribution is 2.14. The molecule has 4 nitrogen and oxygen atoms in total. The quantitative estimate of drug-likeness (QED) is 0.0648. The lowest BCUT2D eigenvalue weighted by atomic mass is 10.0. The summed E-state index contributed by atoms with van der Waals surface area (Å²) >= 11 is 1.72. The average molecular weight is 567 g/mol. The van der Waals surface area contributed by atoms with E-state index in [1.165, 1.54) is 122 Å². The molecule has 0 fully saturated rings. The number of rotatable bonds is 31. The Morgan fingerprint density at radius 1 is 0.692 bits per heavy atom. The van der Waals surface area contributed by atoms with Crippen LogP contribution in [0.4, 0.5) is 0 Å². The smallest absolute Gasteiger partial charge is 0.242 e. The number of unbranched alkanes of at least 4 members (excludes halogenated alkanes) is 21. The third-order valence-electron chi connectivity index (χ3n) is 7.65. The summed E-state index contributed by atoms with van der Waals surface area (Å²) in [5.74, 6) is 0.883. The van der Waals surface area contributed by atoms with Gasteiger partial charge in [0.15, 0.2) is 0 Å². The van der Waals surface area contributed by atoms with Gasteiger partial charge in [-0.25, -0.2) is 0 Å². The van der Waals surface area contributed by atoms with Gasteiger partial charge in [0.1, 0.15) is 6.04 Å². The fourth-order valence-corrected chi connectivity index (χ4v) is 5.53. The number of carbonyl (C=O) groups excluding carboxylic acids is 2. The zero-order chi connectivity index (χ0) is 28.7. The zero-order valence-corrected chi connectivity index (χ0v) is 27.0. The molecule has 2 N–H and O–H groups in total. The number of carbonyl (C=O) groups is 2. The third-order valence-corrected chi connectivity index (χ3v) is 8.30. The van der Waals surface area contributed by atoms with Crippen molar-refractivity contribution in [3.05, 3.63) is 12.7 Å². The lowest BCUT2D eigenvalue weighted by molar-refractivity contribution is -0.129. The lowest BCUT2D eigenvalue weighted by Gasteiger charge is -2.18. The highest BCUT2D eigenvalue weighted by atomic mass is 32.2. The van der Waals surface area contributed by atoms with Gasteiger partial charge in [0.2, 0.25) is 11.8 Å². The normalized spacial score (nSPS) is 11.8. The molecule has 0 aromatic carbocycles. The fourth-order valence-electron chi connectivity index (χ4n) is 5.06. The standard InChI is InChI=1S/C34H66N2O2S/c1-4-6-8-10-12-14-15-16-17-18-19-20-21-23-25-27-30-35-34(38)32(29-31-39-3)36-33(37)28-26-24-22-13-11-9-7-5-2/h5,32H,2,4,6-31H2,1,3H3,(H,35,38)(H,36,37)/t32-/m0/s1. The molecular formula is C34H66N2O2S. The predicted octanol–water partition coefficient (Wildman–Crippen LogP) is 9.91. The van der Waals surface area contributed by atoms with Crippen LogP contribution >= 0.6 is 11.8 Å². The van der Waals surface area contributed by atoms with E-state index < -0.39 is 6.04 Å². The summed E-state index contributed by atoms with van der Waals surface area (Å²) in [7, 11) is 0. The van der Waals surface area contributed by atoms with Crippen LogP contribution in [0.1, 0.15) is 167 Å². The summed E-state index contributed by atoms with van der Waals surface area (Å²) in [6.45, 7) is 6.76. The molecule has 2 amide bonds. The topological polar surface area (TPSA) is 58.2 Å². The minimum absolute atomic E-state index is 0.0134. The van der Waals surface area contributed by atoms with Crippen LogP contribution in [-0.4, -0.2) is 36.4 Å². The number of allylic oxidation sites excluding steroid dienone is 1. The molecule has 0 aromatic heterocycles. The minimum atomic E-state index is -0.398. The van der Waals surface area contributed by atoms with Crippen molar-refractivity contribution in [2.45, 2.75) is 173 Å². The third kappa shape index (κ3) is 28.4. The minimum Gasteiger partial charge on any atom is -0.354 e.